The summed E-state index contributed by atoms with van der Waals surface area (Å²) in [5, 5.41) is 20.4. The molecule has 0 radical (unpaired) electrons. The van der Waals surface area contributed by atoms with Gasteiger partial charge in [0.25, 0.3) is 0 Å². The fourth-order valence-corrected chi connectivity index (χ4v) is 9.01. The van der Waals surface area contributed by atoms with Gasteiger partial charge in [0.15, 0.2) is 6.10 Å². The number of hydrogen-bond acceptors (Lipinski definition) is 14. The Morgan fingerprint density at radius 3 is 1.15 bits per heavy atom. The fourth-order valence-electron chi connectivity index (χ4n) is 7.42. The van der Waals surface area contributed by atoms with Crippen molar-refractivity contribution in [3.8, 4) is 0 Å². The van der Waals surface area contributed by atoms with Crippen molar-refractivity contribution in [2.75, 3.05) is 39.6 Å². The van der Waals surface area contributed by atoms with Gasteiger partial charge in [-0.05, 0) is 70.6 Å². The van der Waals surface area contributed by atoms with Crippen molar-refractivity contribution in [1.82, 2.24) is 0 Å². The minimum Gasteiger partial charge on any atom is -0.463 e. The van der Waals surface area contributed by atoms with Crippen molar-refractivity contribution in [3.63, 3.8) is 0 Å². The Labute approximate surface area is 441 Å². The summed E-state index contributed by atoms with van der Waals surface area (Å²) in [6.07, 6.45) is 42.3. The van der Waals surface area contributed by atoms with Crippen LogP contribution in [0.5, 0.6) is 0 Å². The molecule has 5 unspecified atom stereocenters. The molecule has 0 aromatic heterocycles. The van der Waals surface area contributed by atoms with Gasteiger partial charge in [0, 0.05) is 19.3 Å². The highest BCUT2D eigenvalue weighted by molar-refractivity contribution is 7.47. The summed E-state index contributed by atoms with van der Waals surface area (Å²) in [5.41, 5.74) is 0. The number of phosphoric ester groups is 2. The first-order valence-corrected chi connectivity index (χ1v) is 31.3. The van der Waals surface area contributed by atoms with Crippen molar-refractivity contribution >= 4 is 33.6 Å². The molecular weight excluding hydrogens is 979 g/mol. The number of aliphatic hydroxyl groups is 2. The third kappa shape index (κ3) is 51.6. The normalized spacial score (nSPS) is 14.9. The van der Waals surface area contributed by atoms with Crippen molar-refractivity contribution in [2.45, 2.75) is 257 Å². The Kier molecular flexibility index (Phi) is 49.0. The van der Waals surface area contributed by atoms with Crippen LogP contribution in [0.1, 0.15) is 239 Å². The average molecular weight is 1080 g/mol. The number of phosphoric acid groups is 2. The van der Waals surface area contributed by atoms with E-state index in [1.807, 2.05) is 0 Å². The van der Waals surface area contributed by atoms with Crippen LogP contribution < -0.4 is 0 Å². The largest absolute Gasteiger partial charge is 0.472 e. The Morgan fingerprint density at radius 1 is 0.384 bits per heavy atom. The second kappa shape index (κ2) is 50.6. The van der Waals surface area contributed by atoms with Crippen LogP contribution in [0.3, 0.4) is 0 Å². The Balaban J connectivity index is 4.69. The molecule has 18 heteroatoms. The van der Waals surface area contributed by atoms with Gasteiger partial charge in [0.1, 0.15) is 25.4 Å². The Bertz CT molecular complexity index is 1510. The molecule has 0 bridgehead atoms. The van der Waals surface area contributed by atoms with Gasteiger partial charge in [-0.25, -0.2) is 9.13 Å². The Hall–Kier alpha value is -2.23. The molecule has 0 aromatic rings. The highest BCUT2D eigenvalue weighted by atomic mass is 31.2. The first-order chi connectivity index (χ1) is 35.2. The number of aliphatic hydroxyl groups excluding tert-OH is 2. The molecule has 0 rings (SSSR count). The van der Waals surface area contributed by atoms with Gasteiger partial charge < -0.3 is 34.2 Å². The first-order valence-electron chi connectivity index (χ1n) is 28.3. The number of ether oxygens (including phenoxy) is 3. The molecule has 5 atom stereocenters. The minimum atomic E-state index is -4.90. The van der Waals surface area contributed by atoms with Crippen LogP contribution in [0.4, 0.5) is 0 Å². The summed E-state index contributed by atoms with van der Waals surface area (Å²) in [4.78, 5) is 57.8. The third-order valence-corrected chi connectivity index (χ3v) is 13.7. The lowest BCUT2D eigenvalue weighted by Gasteiger charge is -2.21. The zero-order valence-corrected chi connectivity index (χ0v) is 47.4. The number of carbonyl (C=O) groups excluding carboxylic acids is 3. The van der Waals surface area contributed by atoms with E-state index >= 15 is 0 Å². The van der Waals surface area contributed by atoms with Gasteiger partial charge in [-0.2, -0.15) is 0 Å². The van der Waals surface area contributed by atoms with Gasteiger partial charge in [-0.15, -0.1) is 0 Å². The smallest absolute Gasteiger partial charge is 0.463 e. The predicted molar refractivity (Wildman–Crippen MR) is 289 cm³/mol. The van der Waals surface area contributed by atoms with Gasteiger partial charge in [0.05, 0.1) is 26.4 Å². The molecule has 0 aliphatic rings. The van der Waals surface area contributed by atoms with Crippen molar-refractivity contribution in [3.05, 3.63) is 36.5 Å². The molecule has 73 heavy (non-hydrogen) atoms. The van der Waals surface area contributed by atoms with E-state index in [1.165, 1.54) is 64.2 Å². The second-order valence-corrected chi connectivity index (χ2v) is 22.0. The quantitative estimate of drug-likeness (QED) is 0.0146. The number of hydrogen-bond donors (Lipinski definition) is 4. The summed E-state index contributed by atoms with van der Waals surface area (Å²) in [6.45, 7) is 2.53. The number of allylic oxidation sites excluding steroid dienone is 6. The van der Waals surface area contributed by atoms with Crippen LogP contribution >= 0.6 is 15.6 Å². The van der Waals surface area contributed by atoms with Crippen molar-refractivity contribution in [1.29, 1.82) is 0 Å². The van der Waals surface area contributed by atoms with Crippen LogP contribution in [-0.4, -0.2) is 95.9 Å². The van der Waals surface area contributed by atoms with E-state index in [1.54, 1.807) is 0 Å². The van der Waals surface area contributed by atoms with Crippen LogP contribution in [0.2, 0.25) is 0 Å². The minimum absolute atomic E-state index is 0.109. The van der Waals surface area contributed by atoms with E-state index in [2.05, 4.69) is 57.2 Å². The lowest BCUT2D eigenvalue weighted by molar-refractivity contribution is -0.161. The molecule has 16 nitrogen and oxygen atoms in total. The maximum absolute atomic E-state index is 12.8. The van der Waals surface area contributed by atoms with Crippen molar-refractivity contribution in [2.24, 2.45) is 0 Å². The Morgan fingerprint density at radius 2 is 0.712 bits per heavy atom. The number of unbranched alkanes of at least 4 members (excludes halogenated alkanes) is 25. The van der Waals surface area contributed by atoms with E-state index < -0.39 is 91.5 Å². The molecule has 0 spiro atoms. The number of esters is 3. The molecule has 0 aliphatic carbocycles. The molecule has 0 fully saturated rings. The highest BCUT2D eigenvalue weighted by Crippen LogP contribution is 2.45. The van der Waals surface area contributed by atoms with Crippen LogP contribution in [0, 0.1) is 0 Å². The summed E-state index contributed by atoms with van der Waals surface area (Å²) in [5.74, 6) is -1.59. The molecular formula is C55H102O16P2. The van der Waals surface area contributed by atoms with Crippen LogP contribution in [0.15, 0.2) is 36.5 Å². The number of carbonyl (C=O) groups is 3. The zero-order valence-electron chi connectivity index (χ0n) is 45.6. The molecule has 0 aromatic carbocycles. The summed E-state index contributed by atoms with van der Waals surface area (Å²) >= 11 is 0. The summed E-state index contributed by atoms with van der Waals surface area (Å²) in [6, 6.07) is 0. The number of rotatable bonds is 54. The average Bonchev–Trinajstić information content (AvgIpc) is 3.36. The summed E-state index contributed by atoms with van der Waals surface area (Å²) < 4.78 is 60.4. The molecule has 428 valence electrons. The SMILES string of the molecule is CCC/C=C\C/C=C\CCCCCCCC(=O)OCC(O)COP(=O)(O)OCC(O)COP(=O)(O)OCC(COC(=O)CCCCCCC/C=C\CCCCCC)OC(=O)CCCCCCCCCCCCC. The fraction of sp³-hybridized carbons (Fsp3) is 0.836. The molecule has 0 aliphatic heterocycles. The molecule has 0 saturated carbocycles. The van der Waals surface area contributed by atoms with E-state index in [0.717, 1.165) is 116 Å². The highest BCUT2D eigenvalue weighted by Gasteiger charge is 2.29. The maximum atomic E-state index is 12.8. The predicted octanol–water partition coefficient (Wildman–Crippen LogP) is 14.0. The van der Waals surface area contributed by atoms with Crippen molar-refractivity contribution < 1.29 is 75.8 Å². The van der Waals surface area contributed by atoms with E-state index in [0.29, 0.717) is 19.3 Å². The van der Waals surface area contributed by atoms with Gasteiger partial charge in [-0.1, -0.05) is 186 Å². The standard InChI is InChI=1S/C55H102O16P2/c1-4-7-10-13-16-19-22-24-27-29-32-35-38-41-53(58)65-44-50(56)45-67-72(61,62)68-46-51(57)47-69-73(63,64)70-49-52(71-55(60)43-40-37-34-31-26-21-18-15-12-9-6-3)48-66-54(59)42-39-36-33-30-28-25-23-20-17-14-11-8-5-2/h10,13,19-20,22-23,50-52,56-57H,4-9,11-12,14-18,21,24-49H2,1-3H3,(H,61,62)(H,63,64)/b13-10-,22-19-,23-20-. The first kappa shape index (κ1) is 70.8. The monoisotopic (exact) mass is 1080 g/mol. The maximum Gasteiger partial charge on any atom is 0.472 e. The lowest BCUT2D eigenvalue weighted by atomic mass is 10.1. The molecule has 0 saturated heterocycles. The third-order valence-electron chi connectivity index (χ3n) is 11.8. The second-order valence-electron chi connectivity index (χ2n) is 19.1. The molecule has 0 amide bonds. The van der Waals surface area contributed by atoms with Gasteiger partial charge >= 0.3 is 33.6 Å². The van der Waals surface area contributed by atoms with E-state index in [-0.39, 0.29) is 19.3 Å². The van der Waals surface area contributed by atoms with Crippen LogP contribution in [-0.2, 0) is 55.8 Å². The van der Waals surface area contributed by atoms with Crippen LogP contribution in [0.25, 0.3) is 0 Å². The lowest BCUT2D eigenvalue weighted by Crippen LogP contribution is -2.30. The van der Waals surface area contributed by atoms with Gasteiger partial charge in [-0.3, -0.25) is 32.5 Å². The van der Waals surface area contributed by atoms with Gasteiger partial charge in [0.2, 0.25) is 0 Å². The molecule has 0 heterocycles. The summed E-state index contributed by atoms with van der Waals surface area (Å²) in [7, 11) is -9.74. The topological polar surface area (TPSA) is 231 Å². The van der Waals surface area contributed by atoms with E-state index in [9.17, 15) is 43.5 Å². The molecule has 4 N–H and O–H groups in total. The van der Waals surface area contributed by atoms with E-state index in [4.69, 9.17) is 32.3 Å². The zero-order chi connectivity index (χ0) is 53.9.